The summed E-state index contributed by atoms with van der Waals surface area (Å²) in [5.74, 6) is -0.930. The third-order valence-corrected chi connectivity index (χ3v) is 7.52. The zero-order chi connectivity index (χ0) is 29.1. The van der Waals surface area contributed by atoms with Crippen LogP contribution in [0.2, 0.25) is 0 Å². The topological polar surface area (TPSA) is 79.7 Å². The Hall–Kier alpha value is -4.71. The first kappa shape index (κ1) is 27.8. The predicted molar refractivity (Wildman–Crippen MR) is 159 cm³/mol. The number of carbonyl (C=O) groups is 2. The monoisotopic (exact) mass is 546 g/mol. The maximum Gasteiger partial charge on any atom is 0.295 e. The van der Waals surface area contributed by atoms with Gasteiger partial charge in [0.1, 0.15) is 18.1 Å². The first-order chi connectivity index (χ1) is 19.6. The molecule has 208 valence electrons. The van der Waals surface area contributed by atoms with E-state index in [4.69, 9.17) is 4.74 Å². The van der Waals surface area contributed by atoms with Gasteiger partial charge in [0.2, 0.25) is 0 Å². The van der Waals surface area contributed by atoms with Crippen molar-refractivity contribution in [2.45, 2.75) is 52.3 Å². The molecule has 1 aromatic heterocycles. The number of hydrogen-bond donors (Lipinski definition) is 1. The second kappa shape index (κ2) is 11.4. The van der Waals surface area contributed by atoms with E-state index in [1.165, 1.54) is 4.90 Å². The Morgan fingerprint density at radius 1 is 0.902 bits per heavy atom. The van der Waals surface area contributed by atoms with Crippen molar-refractivity contribution in [1.82, 2.24) is 9.88 Å². The van der Waals surface area contributed by atoms with Crippen LogP contribution in [0.15, 0.2) is 103 Å². The quantitative estimate of drug-likeness (QED) is 0.155. The molecule has 1 unspecified atom stereocenters. The molecule has 0 aliphatic carbocycles. The number of ether oxygens (including phenoxy) is 1. The number of aryl methyl sites for hydroxylation is 1. The van der Waals surface area contributed by atoms with Crippen molar-refractivity contribution < 1.29 is 19.4 Å². The number of nitrogens with zero attached hydrogens (tertiary/aromatic N) is 2. The maximum absolute atomic E-state index is 13.4. The van der Waals surface area contributed by atoms with E-state index in [0.717, 1.165) is 27.8 Å². The number of amides is 1. The second-order valence-electron chi connectivity index (χ2n) is 11.4. The lowest BCUT2D eigenvalue weighted by molar-refractivity contribution is -0.140. The van der Waals surface area contributed by atoms with Crippen molar-refractivity contribution in [3.05, 3.63) is 136 Å². The molecule has 6 heteroatoms. The normalized spacial score (nSPS) is 16.7. The van der Waals surface area contributed by atoms with Gasteiger partial charge in [-0.25, -0.2) is 0 Å². The molecular weight excluding hydrogens is 512 g/mol. The summed E-state index contributed by atoms with van der Waals surface area (Å²) in [5.41, 5.74) is 5.42. The summed E-state index contributed by atoms with van der Waals surface area (Å²) in [4.78, 5) is 32.4. The molecule has 0 bridgehead atoms. The van der Waals surface area contributed by atoms with Crippen molar-refractivity contribution >= 4 is 17.4 Å². The fourth-order valence-corrected chi connectivity index (χ4v) is 5.04. The van der Waals surface area contributed by atoms with Crippen LogP contribution < -0.4 is 4.74 Å². The van der Waals surface area contributed by atoms with Gasteiger partial charge >= 0.3 is 0 Å². The number of aliphatic hydroxyl groups is 1. The minimum absolute atomic E-state index is 0.0552. The lowest BCUT2D eigenvalue weighted by Gasteiger charge is -2.26. The van der Waals surface area contributed by atoms with Crippen LogP contribution in [-0.4, -0.2) is 26.7 Å². The second-order valence-corrected chi connectivity index (χ2v) is 11.4. The lowest BCUT2D eigenvalue weighted by Crippen LogP contribution is -2.29. The van der Waals surface area contributed by atoms with Gasteiger partial charge in [-0.15, -0.1) is 0 Å². The van der Waals surface area contributed by atoms with Crippen LogP contribution in [0.1, 0.15) is 60.2 Å². The average Bonchev–Trinajstić information content (AvgIpc) is 3.22. The highest BCUT2D eigenvalue weighted by atomic mass is 16.5. The summed E-state index contributed by atoms with van der Waals surface area (Å²) in [5, 5.41) is 11.5. The first-order valence-corrected chi connectivity index (χ1v) is 13.7. The summed E-state index contributed by atoms with van der Waals surface area (Å²) in [6.45, 7) is 9.06. The van der Waals surface area contributed by atoms with Gasteiger partial charge in [-0.05, 0) is 76.6 Å². The molecule has 4 aromatic rings. The van der Waals surface area contributed by atoms with Gasteiger partial charge < -0.3 is 14.7 Å². The molecule has 1 aliphatic rings. The van der Waals surface area contributed by atoms with Crippen molar-refractivity contribution in [3.8, 4) is 5.75 Å². The first-order valence-electron chi connectivity index (χ1n) is 13.7. The van der Waals surface area contributed by atoms with E-state index in [0.29, 0.717) is 17.9 Å². The molecule has 0 saturated carbocycles. The summed E-state index contributed by atoms with van der Waals surface area (Å²) in [6.07, 6.45) is 3.31. The van der Waals surface area contributed by atoms with E-state index in [1.54, 1.807) is 36.7 Å². The molecule has 1 atom stereocenters. The van der Waals surface area contributed by atoms with Gasteiger partial charge in [0, 0.05) is 24.5 Å². The third-order valence-electron chi connectivity index (χ3n) is 7.52. The Morgan fingerprint density at radius 2 is 1.56 bits per heavy atom. The van der Waals surface area contributed by atoms with Gasteiger partial charge in [-0.2, -0.15) is 0 Å². The number of rotatable bonds is 7. The molecule has 0 radical (unpaired) electrons. The Labute approximate surface area is 240 Å². The smallest absolute Gasteiger partial charge is 0.295 e. The summed E-state index contributed by atoms with van der Waals surface area (Å²) < 4.78 is 5.95. The highest BCUT2D eigenvalue weighted by molar-refractivity contribution is 6.46. The van der Waals surface area contributed by atoms with Crippen molar-refractivity contribution in [2.75, 3.05) is 0 Å². The third kappa shape index (κ3) is 5.92. The number of pyridine rings is 1. The number of likely N-dealkylation sites (tertiary alicyclic amines) is 1. The number of aliphatic hydroxyl groups excluding tert-OH is 1. The maximum atomic E-state index is 13.4. The summed E-state index contributed by atoms with van der Waals surface area (Å²) in [7, 11) is 0. The number of aromatic nitrogens is 1. The highest BCUT2D eigenvalue weighted by Crippen LogP contribution is 2.41. The van der Waals surface area contributed by atoms with E-state index in [1.807, 2.05) is 67.6 Å². The molecule has 3 aromatic carbocycles. The molecule has 1 amide bonds. The molecule has 0 spiro atoms. The number of Topliss-reactive ketones (excluding diaryl/α,β-unsaturated/α-hetero) is 1. The molecule has 5 rings (SSSR count). The fourth-order valence-electron chi connectivity index (χ4n) is 5.04. The zero-order valence-corrected chi connectivity index (χ0v) is 23.8. The van der Waals surface area contributed by atoms with Crippen molar-refractivity contribution in [3.63, 3.8) is 0 Å². The van der Waals surface area contributed by atoms with Crippen LogP contribution in [-0.2, 0) is 28.2 Å². The van der Waals surface area contributed by atoms with Gasteiger partial charge in [0.25, 0.3) is 11.7 Å². The lowest BCUT2D eigenvalue weighted by atomic mass is 9.85. The largest absolute Gasteiger partial charge is 0.507 e. The van der Waals surface area contributed by atoms with E-state index in [9.17, 15) is 14.7 Å². The van der Waals surface area contributed by atoms with Gasteiger partial charge in [0.15, 0.2) is 0 Å². The minimum atomic E-state index is -0.742. The van der Waals surface area contributed by atoms with E-state index < -0.39 is 17.7 Å². The zero-order valence-electron chi connectivity index (χ0n) is 23.8. The van der Waals surface area contributed by atoms with Gasteiger partial charge in [-0.1, -0.05) is 69.3 Å². The minimum Gasteiger partial charge on any atom is -0.507 e. The summed E-state index contributed by atoms with van der Waals surface area (Å²) >= 11 is 0. The highest BCUT2D eigenvalue weighted by Gasteiger charge is 2.46. The number of carbonyl (C=O) groups excluding carboxylic acids is 2. The van der Waals surface area contributed by atoms with Crippen LogP contribution in [0.5, 0.6) is 5.75 Å². The molecule has 1 fully saturated rings. The number of hydrogen-bond acceptors (Lipinski definition) is 5. The predicted octanol–water partition coefficient (Wildman–Crippen LogP) is 6.89. The van der Waals surface area contributed by atoms with E-state index >= 15 is 0 Å². The van der Waals surface area contributed by atoms with E-state index in [2.05, 4.69) is 25.8 Å². The van der Waals surface area contributed by atoms with Crippen LogP contribution in [0.25, 0.3) is 5.76 Å². The molecule has 1 saturated heterocycles. The molecular formula is C35H34N2O4. The Morgan fingerprint density at radius 3 is 2.20 bits per heavy atom. The Balaban J connectivity index is 1.49. The van der Waals surface area contributed by atoms with Crippen LogP contribution in [0.3, 0.4) is 0 Å². The van der Waals surface area contributed by atoms with Crippen molar-refractivity contribution in [2.24, 2.45) is 0 Å². The standard InChI is InChI=1S/C35H34N2O4/c1-23-7-5-6-8-27(23)22-41-29-15-11-26(12-16-29)32(38)30-31(25-9-13-28(14-10-25)35(2,3)4)37(34(40)33(30)39)21-24-17-19-36-20-18-24/h5-20,31,38H,21-22H2,1-4H3. The van der Waals surface area contributed by atoms with Crippen molar-refractivity contribution in [1.29, 1.82) is 0 Å². The van der Waals surface area contributed by atoms with Gasteiger partial charge in [-0.3, -0.25) is 14.6 Å². The molecule has 41 heavy (non-hydrogen) atoms. The number of ketones is 1. The molecule has 1 N–H and O–H groups in total. The Kier molecular flexibility index (Phi) is 7.75. The average molecular weight is 547 g/mol. The molecule has 6 nitrogen and oxygen atoms in total. The summed E-state index contributed by atoms with van der Waals surface area (Å²) in [6, 6.07) is 25.7. The van der Waals surface area contributed by atoms with Gasteiger partial charge in [0.05, 0.1) is 11.6 Å². The van der Waals surface area contributed by atoms with Crippen LogP contribution >= 0.6 is 0 Å². The Bertz CT molecular complexity index is 1580. The van der Waals surface area contributed by atoms with E-state index in [-0.39, 0.29) is 23.3 Å². The van der Waals surface area contributed by atoms with Crippen LogP contribution in [0, 0.1) is 6.92 Å². The number of benzene rings is 3. The van der Waals surface area contributed by atoms with Crippen LogP contribution in [0.4, 0.5) is 0 Å². The molecule has 2 heterocycles. The molecule has 1 aliphatic heterocycles. The SMILES string of the molecule is Cc1ccccc1COc1ccc(C(O)=C2C(=O)C(=O)N(Cc3ccncc3)C2c2ccc(C(C)(C)C)cc2)cc1. The fraction of sp³-hybridized carbons (Fsp3) is 0.229.